The molecule has 0 radical (unpaired) electrons. The summed E-state index contributed by atoms with van der Waals surface area (Å²) in [6.45, 7) is 1.47. The summed E-state index contributed by atoms with van der Waals surface area (Å²) in [6.07, 6.45) is 0. The van der Waals surface area contributed by atoms with Gasteiger partial charge in [0, 0.05) is 13.1 Å². The molecular weight excluding hydrogens is 246 g/mol. The molecule has 0 aliphatic carbocycles. The van der Waals surface area contributed by atoms with Gasteiger partial charge in [-0.15, -0.1) is 0 Å². The summed E-state index contributed by atoms with van der Waals surface area (Å²) < 4.78 is 4.94. The highest BCUT2D eigenvalue weighted by atomic mass is 16.5. The van der Waals surface area contributed by atoms with E-state index < -0.39 is 5.91 Å². The van der Waals surface area contributed by atoms with Crippen LogP contribution in [-0.4, -0.2) is 38.1 Å². The third-order valence-electron chi connectivity index (χ3n) is 2.29. The Morgan fingerprint density at radius 1 is 1.21 bits per heavy atom. The molecule has 0 spiro atoms. The molecular formula is C13H19N3O3. The number of amides is 2. The number of primary amides is 1. The molecule has 1 rings (SSSR count). The fourth-order valence-corrected chi connectivity index (χ4v) is 1.38. The molecule has 0 aliphatic rings. The van der Waals surface area contributed by atoms with Crippen LogP contribution in [0.2, 0.25) is 0 Å². The third-order valence-corrected chi connectivity index (χ3v) is 2.29. The summed E-state index contributed by atoms with van der Waals surface area (Å²) >= 11 is 0. The Bertz CT molecular complexity index is 395. The van der Waals surface area contributed by atoms with E-state index in [4.69, 9.17) is 10.5 Å². The van der Waals surface area contributed by atoms with E-state index in [0.29, 0.717) is 19.7 Å². The summed E-state index contributed by atoms with van der Waals surface area (Å²) in [6, 6.07) is 9.68. The minimum atomic E-state index is -0.499. The number of hydrogen-bond donors (Lipinski definition) is 3. The third kappa shape index (κ3) is 7.91. The lowest BCUT2D eigenvalue weighted by molar-refractivity contribution is -0.123. The summed E-state index contributed by atoms with van der Waals surface area (Å²) in [7, 11) is 0. The Kier molecular flexibility index (Phi) is 7.23. The van der Waals surface area contributed by atoms with Crippen molar-refractivity contribution in [2.45, 2.75) is 6.54 Å². The second-order valence-electron chi connectivity index (χ2n) is 3.96. The maximum absolute atomic E-state index is 11.5. The Hall–Kier alpha value is -1.92. The average molecular weight is 265 g/mol. The van der Waals surface area contributed by atoms with Crippen molar-refractivity contribution in [3.63, 3.8) is 0 Å². The monoisotopic (exact) mass is 265 g/mol. The molecule has 0 aliphatic heterocycles. The summed E-state index contributed by atoms with van der Waals surface area (Å²) in [5, 5.41) is 5.70. The second-order valence-corrected chi connectivity index (χ2v) is 3.96. The maximum Gasteiger partial charge on any atom is 0.243 e. The van der Waals surface area contributed by atoms with Gasteiger partial charge in [-0.3, -0.25) is 9.59 Å². The van der Waals surface area contributed by atoms with Crippen molar-refractivity contribution in [1.82, 2.24) is 10.6 Å². The Labute approximate surface area is 112 Å². The first-order valence-corrected chi connectivity index (χ1v) is 6.06. The lowest BCUT2D eigenvalue weighted by Crippen LogP contribution is -2.35. The van der Waals surface area contributed by atoms with Crippen LogP contribution >= 0.6 is 0 Å². The number of hydrogen-bond acceptors (Lipinski definition) is 4. The molecule has 0 bridgehead atoms. The van der Waals surface area contributed by atoms with E-state index in [1.165, 1.54) is 0 Å². The number of nitrogens with one attached hydrogen (secondary N) is 2. The fourth-order valence-electron chi connectivity index (χ4n) is 1.38. The number of carbonyl (C=O) groups excluding carboxylic acids is 2. The van der Waals surface area contributed by atoms with E-state index in [-0.39, 0.29) is 19.1 Å². The number of nitrogens with two attached hydrogens (primary N) is 1. The fraction of sp³-hybridized carbons (Fsp3) is 0.385. The van der Waals surface area contributed by atoms with Crippen molar-refractivity contribution in [2.75, 3.05) is 26.3 Å². The highest BCUT2D eigenvalue weighted by Gasteiger charge is 2.00. The summed E-state index contributed by atoms with van der Waals surface area (Å²) in [5.41, 5.74) is 5.96. The van der Waals surface area contributed by atoms with E-state index in [9.17, 15) is 9.59 Å². The molecule has 104 valence electrons. The zero-order chi connectivity index (χ0) is 13.9. The summed E-state index contributed by atoms with van der Waals surface area (Å²) in [5.74, 6) is -0.584. The van der Waals surface area contributed by atoms with Crippen molar-refractivity contribution >= 4 is 11.8 Å². The molecule has 0 atom stereocenters. The van der Waals surface area contributed by atoms with E-state index in [2.05, 4.69) is 10.6 Å². The molecule has 0 heterocycles. The van der Waals surface area contributed by atoms with E-state index >= 15 is 0 Å². The van der Waals surface area contributed by atoms with Crippen LogP contribution in [0.15, 0.2) is 30.3 Å². The topological polar surface area (TPSA) is 93.5 Å². The predicted molar refractivity (Wildman–Crippen MR) is 71.2 cm³/mol. The van der Waals surface area contributed by atoms with Crippen LogP contribution in [0.1, 0.15) is 5.56 Å². The van der Waals surface area contributed by atoms with Crippen LogP contribution in [0.5, 0.6) is 0 Å². The van der Waals surface area contributed by atoms with Crippen molar-refractivity contribution < 1.29 is 14.3 Å². The average Bonchev–Trinajstić information content (AvgIpc) is 2.41. The van der Waals surface area contributed by atoms with Crippen LogP contribution in [0.3, 0.4) is 0 Å². The first-order valence-electron chi connectivity index (χ1n) is 6.06. The van der Waals surface area contributed by atoms with Crippen LogP contribution < -0.4 is 16.4 Å². The Morgan fingerprint density at radius 3 is 2.63 bits per heavy atom. The first kappa shape index (κ1) is 15.1. The van der Waals surface area contributed by atoms with Gasteiger partial charge in [-0.1, -0.05) is 30.3 Å². The first-order chi connectivity index (χ1) is 9.18. The molecule has 1 aromatic rings. The van der Waals surface area contributed by atoms with Gasteiger partial charge < -0.3 is 21.1 Å². The molecule has 0 unspecified atom stereocenters. The van der Waals surface area contributed by atoms with Crippen molar-refractivity contribution in [1.29, 1.82) is 0 Å². The molecule has 0 saturated carbocycles. The van der Waals surface area contributed by atoms with E-state index in [1.807, 2.05) is 30.3 Å². The van der Waals surface area contributed by atoms with Gasteiger partial charge >= 0.3 is 0 Å². The number of rotatable bonds is 9. The number of carbonyl (C=O) groups is 2. The number of benzene rings is 1. The van der Waals surface area contributed by atoms with Gasteiger partial charge in [0.25, 0.3) is 0 Å². The zero-order valence-electron chi connectivity index (χ0n) is 10.7. The van der Waals surface area contributed by atoms with Crippen molar-refractivity contribution in [3.05, 3.63) is 35.9 Å². The minimum Gasteiger partial charge on any atom is -0.370 e. The molecule has 4 N–H and O–H groups in total. The van der Waals surface area contributed by atoms with Crippen LogP contribution in [0.4, 0.5) is 0 Å². The Morgan fingerprint density at radius 2 is 1.95 bits per heavy atom. The number of ether oxygens (including phenoxy) is 1. The quantitative estimate of drug-likeness (QED) is 0.519. The zero-order valence-corrected chi connectivity index (χ0v) is 10.7. The van der Waals surface area contributed by atoms with Crippen LogP contribution in [0, 0.1) is 0 Å². The lowest BCUT2D eigenvalue weighted by Gasteiger charge is -2.07. The smallest absolute Gasteiger partial charge is 0.243 e. The molecule has 19 heavy (non-hydrogen) atoms. The van der Waals surface area contributed by atoms with Crippen LogP contribution in [-0.2, 0) is 20.9 Å². The van der Waals surface area contributed by atoms with Crippen molar-refractivity contribution in [2.24, 2.45) is 5.73 Å². The van der Waals surface area contributed by atoms with Gasteiger partial charge in [-0.05, 0) is 5.56 Å². The molecule has 0 saturated heterocycles. The largest absolute Gasteiger partial charge is 0.370 e. The standard InChI is InChI=1S/C13H19N3O3/c14-12(17)10-19-7-6-15-9-13(18)16-8-11-4-2-1-3-5-11/h1-5,15H,6-10H2,(H2,14,17)(H,16,18). The molecule has 6 nitrogen and oxygen atoms in total. The van der Waals surface area contributed by atoms with Gasteiger partial charge in [0.05, 0.1) is 13.2 Å². The SMILES string of the molecule is NC(=O)COCCNCC(=O)NCc1ccccc1. The molecule has 0 aromatic heterocycles. The van der Waals surface area contributed by atoms with Crippen molar-refractivity contribution in [3.8, 4) is 0 Å². The molecule has 2 amide bonds. The van der Waals surface area contributed by atoms with Gasteiger partial charge in [0.2, 0.25) is 11.8 Å². The molecule has 0 fully saturated rings. The van der Waals surface area contributed by atoms with Gasteiger partial charge in [-0.25, -0.2) is 0 Å². The highest BCUT2D eigenvalue weighted by Crippen LogP contribution is 1.96. The van der Waals surface area contributed by atoms with Gasteiger partial charge in [-0.2, -0.15) is 0 Å². The summed E-state index contributed by atoms with van der Waals surface area (Å²) in [4.78, 5) is 21.8. The normalized spacial score (nSPS) is 10.1. The molecule has 1 aromatic carbocycles. The second kappa shape index (κ2) is 9.07. The lowest BCUT2D eigenvalue weighted by atomic mass is 10.2. The van der Waals surface area contributed by atoms with E-state index in [1.54, 1.807) is 0 Å². The van der Waals surface area contributed by atoms with E-state index in [0.717, 1.165) is 5.56 Å². The molecule has 6 heteroatoms. The van der Waals surface area contributed by atoms with Gasteiger partial charge in [0.1, 0.15) is 6.61 Å². The minimum absolute atomic E-state index is 0.0845. The van der Waals surface area contributed by atoms with Crippen LogP contribution in [0.25, 0.3) is 0 Å². The maximum atomic E-state index is 11.5. The predicted octanol–water partition coefficient (Wildman–Crippen LogP) is -0.606. The Balaban J connectivity index is 2.01. The highest BCUT2D eigenvalue weighted by molar-refractivity contribution is 5.78. The van der Waals surface area contributed by atoms with Gasteiger partial charge in [0.15, 0.2) is 0 Å².